The van der Waals surface area contributed by atoms with Gasteiger partial charge in [-0.2, -0.15) is 5.01 Å². The van der Waals surface area contributed by atoms with E-state index in [4.69, 9.17) is 9.47 Å². The summed E-state index contributed by atoms with van der Waals surface area (Å²) in [5.41, 5.74) is 5.04. The van der Waals surface area contributed by atoms with Gasteiger partial charge in [-0.05, 0) is 69.2 Å². The van der Waals surface area contributed by atoms with E-state index in [1.807, 2.05) is 18.2 Å². The van der Waals surface area contributed by atoms with Crippen LogP contribution in [0.2, 0.25) is 0 Å². The van der Waals surface area contributed by atoms with Gasteiger partial charge >= 0.3 is 12.2 Å². The number of hydrazine groups is 1. The third-order valence-electron chi connectivity index (χ3n) is 3.84. The minimum absolute atomic E-state index is 0.203. The van der Waals surface area contributed by atoms with E-state index in [2.05, 4.69) is 19.3 Å². The molecule has 0 saturated heterocycles. The molecular formula is C19H28N2O4. The summed E-state index contributed by atoms with van der Waals surface area (Å²) in [5, 5.41) is 1.10. The van der Waals surface area contributed by atoms with Gasteiger partial charge in [-0.1, -0.05) is 19.9 Å². The molecule has 138 valence electrons. The molecule has 6 nitrogen and oxygen atoms in total. The van der Waals surface area contributed by atoms with E-state index in [0.29, 0.717) is 5.69 Å². The van der Waals surface area contributed by atoms with Gasteiger partial charge in [-0.15, -0.1) is 0 Å². The van der Waals surface area contributed by atoms with Crippen LogP contribution in [0.3, 0.4) is 0 Å². The molecule has 0 aromatic heterocycles. The van der Waals surface area contributed by atoms with Gasteiger partial charge < -0.3 is 9.47 Å². The average Bonchev–Trinajstić information content (AvgIpc) is 2.75. The summed E-state index contributed by atoms with van der Waals surface area (Å²) >= 11 is 0. The van der Waals surface area contributed by atoms with Crippen molar-refractivity contribution in [2.24, 2.45) is 5.41 Å². The van der Waals surface area contributed by atoms with Crippen LogP contribution in [0.15, 0.2) is 18.2 Å². The van der Waals surface area contributed by atoms with E-state index >= 15 is 0 Å². The van der Waals surface area contributed by atoms with Crippen LogP contribution in [0.25, 0.3) is 0 Å². The van der Waals surface area contributed by atoms with Crippen LogP contribution in [0.5, 0.6) is 0 Å². The van der Waals surface area contributed by atoms with Crippen LogP contribution in [0, 0.1) is 5.41 Å². The van der Waals surface area contributed by atoms with Gasteiger partial charge in [-0.25, -0.2) is 15.0 Å². The summed E-state index contributed by atoms with van der Waals surface area (Å²) in [6, 6.07) is 5.75. The van der Waals surface area contributed by atoms with Gasteiger partial charge in [0.05, 0.1) is 12.3 Å². The fourth-order valence-electron chi connectivity index (χ4n) is 2.98. The van der Waals surface area contributed by atoms with Gasteiger partial charge in [0.15, 0.2) is 0 Å². The maximum absolute atomic E-state index is 12.3. The second-order valence-corrected chi connectivity index (χ2v) is 8.12. The van der Waals surface area contributed by atoms with Crippen molar-refractivity contribution in [3.63, 3.8) is 0 Å². The Morgan fingerprint density at radius 2 is 1.84 bits per heavy atom. The Morgan fingerprint density at radius 1 is 1.20 bits per heavy atom. The number of hydrogen-bond donors (Lipinski definition) is 1. The van der Waals surface area contributed by atoms with Gasteiger partial charge in [0.2, 0.25) is 0 Å². The molecule has 0 saturated carbocycles. The summed E-state index contributed by atoms with van der Waals surface area (Å²) in [6.45, 7) is 11.7. The molecule has 1 aliphatic carbocycles. The number of fused-ring (bicyclic) bond motifs is 1. The first-order valence-corrected chi connectivity index (χ1v) is 8.59. The Labute approximate surface area is 149 Å². The molecule has 6 heteroatoms. The highest BCUT2D eigenvalue weighted by Crippen LogP contribution is 2.37. The zero-order valence-corrected chi connectivity index (χ0v) is 15.9. The first-order valence-electron chi connectivity index (χ1n) is 8.59. The number of nitrogens with one attached hydrogen (secondary N) is 1. The topological polar surface area (TPSA) is 67.9 Å². The monoisotopic (exact) mass is 348 g/mol. The SMILES string of the molecule is CCOC(=O)N(NC(=O)OC(C)(C)C)c1ccc2c(c1)CC(C)(C)C2. The zero-order valence-electron chi connectivity index (χ0n) is 15.9. The molecule has 2 amide bonds. The summed E-state index contributed by atoms with van der Waals surface area (Å²) in [4.78, 5) is 24.4. The lowest BCUT2D eigenvalue weighted by molar-refractivity contribution is 0.0513. The van der Waals surface area contributed by atoms with Gasteiger partial charge in [0.1, 0.15) is 5.60 Å². The van der Waals surface area contributed by atoms with Crippen molar-refractivity contribution in [2.45, 2.75) is 60.0 Å². The highest BCUT2D eigenvalue weighted by Gasteiger charge is 2.30. The van der Waals surface area contributed by atoms with Crippen LogP contribution in [0.4, 0.5) is 15.3 Å². The van der Waals surface area contributed by atoms with Crippen molar-refractivity contribution >= 4 is 17.9 Å². The molecule has 1 N–H and O–H groups in total. The summed E-state index contributed by atoms with van der Waals surface area (Å²) in [5.74, 6) is 0. The van der Waals surface area contributed by atoms with Gasteiger partial charge in [0, 0.05) is 0 Å². The lowest BCUT2D eigenvalue weighted by Crippen LogP contribution is -2.48. The Morgan fingerprint density at radius 3 is 2.44 bits per heavy atom. The van der Waals surface area contributed by atoms with Crippen molar-refractivity contribution in [3.8, 4) is 0 Å². The number of ether oxygens (including phenoxy) is 2. The van der Waals surface area contributed by atoms with E-state index in [-0.39, 0.29) is 12.0 Å². The van der Waals surface area contributed by atoms with Crippen LogP contribution in [-0.4, -0.2) is 24.4 Å². The summed E-state index contributed by atoms with van der Waals surface area (Å²) in [6.07, 6.45) is 0.577. The smallest absolute Gasteiger partial charge is 0.433 e. The normalized spacial score (nSPS) is 15.3. The number of hydrogen-bond acceptors (Lipinski definition) is 4. The minimum atomic E-state index is -0.707. The maximum Gasteiger partial charge on any atom is 0.433 e. The maximum atomic E-state index is 12.3. The zero-order chi connectivity index (χ0) is 18.8. The molecule has 1 aromatic rings. The van der Waals surface area contributed by atoms with Crippen LogP contribution < -0.4 is 10.4 Å². The van der Waals surface area contributed by atoms with Crippen LogP contribution >= 0.6 is 0 Å². The second kappa shape index (κ2) is 6.94. The fraction of sp³-hybridized carbons (Fsp3) is 0.579. The molecule has 0 heterocycles. The van der Waals surface area contributed by atoms with E-state index in [0.717, 1.165) is 17.9 Å². The van der Waals surface area contributed by atoms with Crippen LogP contribution in [0.1, 0.15) is 52.7 Å². The molecule has 0 spiro atoms. The molecule has 0 atom stereocenters. The molecule has 1 aliphatic rings. The first kappa shape index (κ1) is 19.1. The number of nitrogens with zero attached hydrogens (tertiary/aromatic N) is 1. The van der Waals surface area contributed by atoms with Gasteiger partial charge in [-0.3, -0.25) is 0 Å². The summed E-state index contributed by atoms with van der Waals surface area (Å²) in [7, 11) is 0. The van der Waals surface area contributed by atoms with Gasteiger partial charge in [0.25, 0.3) is 0 Å². The summed E-state index contributed by atoms with van der Waals surface area (Å²) < 4.78 is 10.3. The predicted octanol–water partition coefficient (Wildman–Crippen LogP) is 4.21. The number of rotatable bonds is 2. The molecule has 0 fully saturated rings. The Bertz CT molecular complexity index is 662. The van der Waals surface area contributed by atoms with Crippen molar-refractivity contribution < 1.29 is 19.1 Å². The molecule has 0 bridgehead atoms. The molecule has 2 rings (SSSR count). The standard InChI is InChI=1S/C19H28N2O4/c1-7-24-17(23)21(20-16(22)25-18(2,3)4)15-9-8-13-11-19(5,6)12-14(13)10-15/h8-10H,7,11-12H2,1-6H3,(H,20,22). The Kier molecular flexibility index (Phi) is 5.30. The van der Waals surface area contributed by atoms with E-state index in [9.17, 15) is 9.59 Å². The lowest BCUT2D eigenvalue weighted by atomic mass is 9.90. The number of carbonyl (C=O) groups excluding carboxylic acids is 2. The number of carbonyl (C=O) groups is 2. The first-order chi connectivity index (χ1) is 11.5. The van der Waals surface area contributed by atoms with Crippen molar-refractivity contribution in [1.29, 1.82) is 0 Å². The minimum Gasteiger partial charge on any atom is -0.448 e. The number of amides is 2. The van der Waals surface area contributed by atoms with E-state index in [1.54, 1.807) is 27.7 Å². The van der Waals surface area contributed by atoms with Crippen LogP contribution in [-0.2, 0) is 22.3 Å². The Hall–Kier alpha value is -2.24. The number of anilines is 1. The third kappa shape index (κ3) is 5.11. The quantitative estimate of drug-likeness (QED) is 0.813. The lowest BCUT2D eigenvalue weighted by Gasteiger charge is -2.26. The molecule has 1 aromatic carbocycles. The molecule has 0 aliphatic heterocycles. The third-order valence-corrected chi connectivity index (χ3v) is 3.84. The van der Waals surface area contributed by atoms with Crippen molar-refractivity contribution in [3.05, 3.63) is 29.3 Å². The largest absolute Gasteiger partial charge is 0.448 e. The molecular weight excluding hydrogens is 320 g/mol. The predicted molar refractivity (Wildman–Crippen MR) is 96.5 cm³/mol. The fourth-order valence-corrected chi connectivity index (χ4v) is 2.98. The molecule has 0 unspecified atom stereocenters. The Balaban J connectivity index is 2.25. The van der Waals surface area contributed by atoms with Crippen molar-refractivity contribution in [1.82, 2.24) is 5.43 Å². The molecule has 25 heavy (non-hydrogen) atoms. The highest BCUT2D eigenvalue weighted by atomic mass is 16.6. The molecule has 0 radical (unpaired) electrons. The number of benzene rings is 1. The highest BCUT2D eigenvalue weighted by molar-refractivity contribution is 5.90. The van der Waals surface area contributed by atoms with E-state index in [1.165, 1.54) is 11.1 Å². The van der Waals surface area contributed by atoms with Crippen molar-refractivity contribution in [2.75, 3.05) is 11.6 Å². The second-order valence-electron chi connectivity index (χ2n) is 8.12. The average molecular weight is 348 g/mol. The van der Waals surface area contributed by atoms with E-state index < -0.39 is 17.8 Å².